The molecule has 3 nitrogen and oxygen atoms in total. The second-order valence-corrected chi connectivity index (χ2v) is 9.53. The van der Waals surface area contributed by atoms with Gasteiger partial charge in [-0.15, -0.1) is 23.1 Å². The minimum absolute atomic E-state index is 0.230. The first-order valence-corrected chi connectivity index (χ1v) is 11.5. The van der Waals surface area contributed by atoms with E-state index in [0.29, 0.717) is 6.04 Å². The normalized spacial score (nSPS) is 22.9. The average molecular weight is 387 g/mol. The van der Waals surface area contributed by atoms with Gasteiger partial charge in [0.1, 0.15) is 0 Å². The molecule has 0 spiro atoms. The largest absolute Gasteiger partial charge is 0.335 e. The van der Waals surface area contributed by atoms with Crippen LogP contribution in [0.1, 0.15) is 59.6 Å². The second kappa shape index (κ2) is 8.13. The number of rotatable bonds is 4. The lowest BCUT2D eigenvalue weighted by molar-refractivity contribution is 0.0390. The number of aromatic nitrogens is 1. The van der Waals surface area contributed by atoms with Crippen molar-refractivity contribution < 1.29 is 4.79 Å². The zero-order valence-electron chi connectivity index (χ0n) is 15.3. The Balaban J connectivity index is 1.40. The topological polar surface area (TPSA) is 33.2 Å². The van der Waals surface area contributed by atoms with Gasteiger partial charge >= 0.3 is 0 Å². The Bertz CT molecular complexity index is 754. The van der Waals surface area contributed by atoms with Crippen molar-refractivity contribution in [3.05, 3.63) is 45.9 Å². The van der Waals surface area contributed by atoms with Crippen molar-refractivity contribution in [3.8, 4) is 0 Å². The van der Waals surface area contributed by atoms with Crippen LogP contribution in [0.2, 0.25) is 0 Å². The van der Waals surface area contributed by atoms with Crippen molar-refractivity contribution in [3.63, 3.8) is 0 Å². The molecule has 1 aromatic carbocycles. The summed E-state index contributed by atoms with van der Waals surface area (Å²) in [5, 5.41) is 3.24. The van der Waals surface area contributed by atoms with Crippen LogP contribution in [0.5, 0.6) is 0 Å². The summed E-state index contributed by atoms with van der Waals surface area (Å²) >= 11 is 3.48. The number of hydrogen-bond acceptors (Lipinski definition) is 4. The summed E-state index contributed by atoms with van der Waals surface area (Å²) in [5.41, 5.74) is 1.97. The number of aryl methyl sites for hydroxylation is 1. The molecule has 1 aliphatic carbocycles. The molecule has 2 aliphatic rings. The predicted molar refractivity (Wildman–Crippen MR) is 109 cm³/mol. The van der Waals surface area contributed by atoms with Crippen LogP contribution in [0, 0.1) is 12.8 Å². The lowest BCUT2D eigenvalue weighted by Gasteiger charge is -2.44. The van der Waals surface area contributed by atoms with Gasteiger partial charge in [0, 0.05) is 34.2 Å². The molecule has 2 aromatic rings. The highest BCUT2D eigenvalue weighted by molar-refractivity contribution is 7.98. The van der Waals surface area contributed by atoms with Crippen LogP contribution in [0.25, 0.3) is 0 Å². The Morgan fingerprint density at radius 1 is 1.19 bits per heavy atom. The maximum absolute atomic E-state index is 13.1. The van der Waals surface area contributed by atoms with E-state index in [1.54, 1.807) is 23.1 Å². The molecule has 1 saturated carbocycles. The number of amides is 1. The number of thioether (sulfide) groups is 1. The first-order chi connectivity index (χ1) is 12.7. The summed E-state index contributed by atoms with van der Waals surface area (Å²) in [4.78, 5) is 20.9. The standard InChI is InChI=1S/C21H26N2OS2/c1-15-22-18(13-25-15)14-26-19-10-8-17(9-11-19)21(24)23-12-4-6-16-5-2-3-7-20(16)23/h8-11,13,16,20H,2-7,12,14H2,1H3. The highest BCUT2D eigenvalue weighted by Gasteiger charge is 2.35. The van der Waals surface area contributed by atoms with Crippen molar-refractivity contribution in [2.45, 2.75) is 62.1 Å². The van der Waals surface area contributed by atoms with Crippen molar-refractivity contribution in [1.29, 1.82) is 0 Å². The summed E-state index contributed by atoms with van der Waals surface area (Å²) in [6.45, 7) is 2.97. The van der Waals surface area contributed by atoms with Crippen LogP contribution >= 0.6 is 23.1 Å². The molecule has 2 fully saturated rings. The predicted octanol–water partition coefficient (Wildman–Crippen LogP) is 5.54. The molecule has 2 heterocycles. The van der Waals surface area contributed by atoms with Gasteiger partial charge in [0.05, 0.1) is 10.7 Å². The quantitative estimate of drug-likeness (QED) is 0.647. The van der Waals surface area contributed by atoms with Crippen molar-refractivity contribution in [2.75, 3.05) is 6.54 Å². The van der Waals surface area contributed by atoms with E-state index in [-0.39, 0.29) is 5.91 Å². The van der Waals surface area contributed by atoms with E-state index < -0.39 is 0 Å². The van der Waals surface area contributed by atoms with E-state index in [0.717, 1.165) is 40.9 Å². The van der Waals surface area contributed by atoms with Crippen LogP contribution in [-0.4, -0.2) is 28.4 Å². The summed E-state index contributed by atoms with van der Waals surface area (Å²) in [6, 6.07) is 8.65. The van der Waals surface area contributed by atoms with Crippen LogP contribution in [0.4, 0.5) is 0 Å². The summed E-state index contributed by atoms with van der Waals surface area (Å²) in [6.07, 6.45) is 7.58. The molecular formula is C21H26N2OS2. The Morgan fingerprint density at radius 3 is 2.73 bits per heavy atom. The van der Waals surface area contributed by atoms with Gasteiger partial charge in [0.2, 0.25) is 0 Å². The van der Waals surface area contributed by atoms with Gasteiger partial charge in [0.25, 0.3) is 5.91 Å². The lowest BCUT2D eigenvalue weighted by atomic mass is 9.78. The molecule has 5 heteroatoms. The molecule has 0 radical (unpaired) electrons. The number of hydrogen-bond donors (Lipinski definition) is 0. The number of benzene rings is 1. The lowest BCUT2D eigenvalue weighted by Crippen LogP contribution is -2.49. The van der Waals surface area contributed by atoms with Crippen molar-refractivity contribution in [1.82, 2.24) is 9.88 Å². The van der Waals surface area contributed by atoms with Crippen LogP contribution in [-0.2, 0) is 5.75 Å². The molecule has 1 saturated heterocycles. The van der Waals surface area contributed by atoms with E-state index in [9.17, 15) is 4.79 Å². The number of nitrogens with zero attached hydrogens (tertiary/aromatic N) is 2. The molecule has 2 unspecified atom stereocenters. The van der Waals surface area contributed by atoms with Crippen LogP contribution in [0.3, 0.4) is 0 Å². The summed E-state index contributed by atoms with van der Waals surface area (Å²) in [7, 11) is 0. The monoisotopic (exact) mass is 386 g/mol. The highest BCUT2D eigenvalue weighted by Crippen LogP contribution is 2.36. The van der Waals surface area contributed by atoms with E-state index >= 15 is 0 Å². The van der Waals surface area contributed by atoms with Gasteiger partial charge in [-0.3, -0.25) is 4.79 Å². The Hall–Kier alpha value is -1.33. The summed E-state index contributed by atoms with van der Waals surface area (Å²) in [5.74, 6) is 1.85. The first kappa shape index (κ1) is 18.1. The third-order valence-electron chi connectivity index (χ3n) is 5.66. The third-order valence-corrected chi connectivity index (χ3v) is 7.53. The molecule has 2 atom stereocenters. The molecule has 4 rings (SSSR count). The van der Waals surface area contributed by atoms with Gasteiger partial charge in [0.15, 0.2) is 0 Å². The fourth-order valence-corrected chi connectivity index (χ4v) is 5.88. The Kier molecular flexibility index (Phi) is 5.65. The minimum atomic E-state index is 0.230. The zero-order valence-corrected chi connectivity index (χ0v) is 17.0. The SMILES string of the molecule is Cc1nc(CSc2ccc(C(=O)N3CCCC4CCCCC43)cc2)cs1. The second-order valence-electron chi connectivity index (χ2n) is 7.42. The molecule has 1 aromatic heterocycles. The van der Waals surface area contributed by atoms with Crippen molar-refractivity contribution in [2.24, 2.45) is 5.92 Å². The number of thiazole rings is 1. The molecule has 0 bridgehead atoms. The number of piperidine rings is 1. The van der Waals surface area contributed by atoms with Gasteiger partial charge in [-0.05, 0) is 62.8 Å². The van der Waals surface area contributed by atoms with E-state index in [1.807, 2.05) is 19.1 Å². The van der Waals surface area contributed by atoms with Gasteiger partial charge in [-0.2, -0.15) is 0 Å². The highest BCUT2D eigenvalue weighted by atomic mass is 32.2. The van der Waals surface area contributed by atoms with Gasteiger partial charge < -0.3 is 4.90 Å². The van der Waals surface area contributed by atoms with E-state index in [1.165, 1.54) is 37.0 Å². The molecular weight excluding hydrogens is 360 g/mol. The molecule has 1 aliphatic heterocycles. The average Bonchev–Trinajstić information content (AvgIpc) is 3.11. The molecule has 26 heavy (non-hydrogen) atoms. The fraction of sp³-hybridized carbons (Fsp3) is 0.524. The zero-order chi connectivity index (χ0) is 17.9. The third kappa shape index (κ3) is 3.99. The number of fused-ring (bicyclic) bond motifs is 1. The van der Waals surface area contributed by atoms with Crippen LogP contribution in [0.15, 0.2) is 34.5 Å². The first-order valence-electron chi connectivity index (χ1n) is 9.65. The Labute approximate surface area is 164 Å². The molecule has 1 amide bonds. The Morgan fingerprint density at radius 2 is 1.96 bits per heavy atom. The molecule has 138 valence electrons. The maximum atomic E-state index is 13.1. The molecule has 0 N–H and O–H groups in total. The minimum Gasteiger partial charge on any atom is -0.335 e. The number of carbonyl (C=O) groups excluding carboxylic acids is 1. The number of carbonyl (C=O) groups is 1. The smallest absolute Gasteiger partial charge is 0.254 e. The van der Waals surface area contributed by atoms with E-state index in [4.69, 9.17) is 0 Å². The fourth-order valence-electron chi connectivity index (χ4n) is 4.37. The van der Waals surface area contributed by atoms with Gasteiger partial charge in [-0.25, -0.2) is 4.98 Å². The summed E-state index contributed by atoms with van der Waals surface area (Å²) < 4.78 is 0. The number of likely N-dealkylation sites (tertiary alicyclic amines) is 1. The maximum Gasteiger partial charge on any atom is 0.254 e. The van der Waals surface area contributed by atoms with Crippen molar-refractivity contribution >= 4 is 29.0 Å². The van der Waals surface area contributed by atoms with Gasteiger partial charge in [-0.1, -0.05) is 12.8 Å². The van der Waals surface area contributed by atoms with Crippen LogP contribution < -0.4 is 0 Å². The van der Waals surface area contributed by atoms with E-state index in [2.05, 4.69) is 27.4 Å².